The average Bonchev–Trinajstić information content (AvgIpc) is 3.13. The summed E-state index contributed by atoms with van der Waals surface area (Å²) in [6.45, 7) is 0. The number of allylic oxidation sites excluding steroid dienone is 2. The van der Waals surface area contributed by atoms with E-state index >= 15 is 0 Å². The van der Waals surface area contributed by atoms with Crippen molar-refractivity contribution in [1.29, 1.82) is 10.5 Å². The maximum atomic E-state index is 10.1. The molecule has 0 spiro atoms. The van der Waals surface area contributed by atoms with Gasteiger partial charge in [0.2, 0.25) is 0 Å². The van der Waals surface area contributed by atoms with Gasteiger partial charge in [0.05, 0.1) is 34.9 Å². The quantitative estimate of drug-likeness (QED) is 0.646. The minimum absolute atomic E-state index is 0.395. The normalized spacial score (nSPS) is 17.9. The predicted octanol–water partition coefficient (Wildman–Crippen LogP) is 4.98. The van der Waals surface area contributed by atoms with Gasteiger partial charge in [0, 0.05) is 4.90 Å². The van der Waals surface area contributed by atoms with Gasteiger partial charge in [0.25, 0.3) is 0 Å². The number of nitriles is 2. The lowest BCUT2D eigenvalue weighted by molar-refractivity contribution is 0.890. The van der Waals surface area contributed by atoms with Gasteiger partial charge >= 0.3 is 0 Å². The van der Waals surface area contributed by atoms with Crippen molar-refractivity contribution in [1.82, 2.24) is 0 Å². The van der Waals surface area contributed by atoms with E-state index in [1.807, 2.05) is 71.6 Å². The molecule has 0 radical (unpaired) electrons. The van der Waals surface area contributed by atoms with Crippen LogP contribution >= 0.6 is 11.8 Å². The van der Waals surface area contributed by atoms with E-state index in [0.29, 0.717) is 17.0 Å². The van der Waals surface area contributed by atoms with Gasteiger partial charge in [-0.2, -0.15) is 10.5 Å². The molecule has 5 rings (SSSR count). The van der Waals surface area contributed by atoms with Crippen molar-refractivity contribution in [3.8, 4) is 12.1 Å². The molecule has 3 aromatic rings. The van der Waals surface area contributed by atoms with Crippen LogP contribution in [0.4, 0.5) is 5.69 Å². The molecule has 2 aliphatic heterocycles. The second-order valence-electron chi connectivity index (χ2n) is 6.65. The van der Waals surface area contributed by atoms with Gasteiger partial charge < -0.3 is 5.73 Å². The average molecular weight is 378 g/mol. The van der Waals surface area contributed by atoms with Gasteiger partial charge in [-0.25, -0.2) is 0 Å². The molecular weight excluding hydrogens is 364 g/mol. The van der Waals surface area contributed by atoms with Crippen LogP contribution in [0, 0.1) is 22.7 Å². The number of benzene rings is 3. The number of nitrogens with zero attached hydrogens (tertiary/aromatic N) is 3. The largest absolute Gasteiger partial charge is 0.384 e. The van der Waals surface area contributed by atoms with Crippen LogP contribution in [0.5, 0.6) is 0 Å². The summed E-state index contributed by atoms with van der Waals surface area (Å²) >= 11 is 1.53. The second kappa shape index (κ2) is 6.20. The van der Waals surface area contributed by atoms with Crippen molar-refractivity contribution in [3.05, 3.63) is 94.3 Å². The summed E-state index contributed by atoms with van der Waals surface area (Å²) in [7, 11) is 0. The summed E-state index contributed by atoms with van der Waals surface area (Å²) < 4.78 is 0. The number of hydrogen-bond donors (Lipinski definition) is 1. The molecule has 1 unspecified atom stereocenters. The Bertz CT molecular complexity index is 1280. The smallest absolute Gasteiger partial charge is 0.123 e. The number of nitrogens with two attached hydrogens (primary N) is 1. The van der Waals surface area contributed by atoms with E-state index in [0.717, 1.165) is 31.9 Å². The van der Waals surface area contributed by atoms with E-state index in [2.05, 4.69) is 12.1 Å². The Kier molecular flexibility index (Phi) is 3.65. The fourth-order valence-corrected chi connectivity index (χ4v) is 5.17. The highest BCUT2D eigenvalue weighted by Gasteiger charge is 2.40. The van der Waals surface area contributed by atoms with Gasteiger partial charge in [-0.15, -0.1) is 0 Å². The number of para-hydroxylation sites is 1. The highest BCUT2D eigenvalue weighted by Crippen LogP contribution is 2.54. The standard InChI is InChI=1S/C23H14N4S/c24-12-17-21(16-9-5-7-14-6-1-2-8-15(14)16)18(13-25)23-27(22(17)26)19-10-3-4-11-20(19)28-23/h1-11,21H,26H2. The van der Waals surface area contributed by atoms with Crippen LogP contribution in [0.3, 0.4) is 0 Å². The number of hydrogen-bond acceptors (Lipinski definition) is 5. The Morgan fingerprint density at radius 3 is 2.39 bits per heavy atom. The molecule has 2 N–H and O–H groups in total. The van der Waals surface area contributed by atoms with E-state index in [4.69, 9.17) is 5.73 Å². The maximum absolute atomic E-state index is 10.1. The zero-order valence-electron chi connectivity index (χ0n) is 14.8. The molecule has 0 saturated heterocycles. The number of rotatable bonds is 1. The first-order valence-corrected chi connectivity index (χ1v) is 9.65. The fourth-order valence-electron chi connectivity index (χ4n) is 3.99. The highest BCUT2D eigenvalue weighted by atomic mass is 32.2. The summed E-state index contributed by atoms with van der Waals surface area (Å²) in [5, 5.41) is 23.0. The van der Waals surface area contributed by atoms with E-state index in [1.54, 1.807) is 0 Å². The van der Waals surface area contributed by atoms with E-state index in [9.17, 15) is 10.5 Å². The number of anilines is 1. The zero-order chi connectivity index (χ0) is 19.3. The van der Waals surface area contributed by atoms with Crippen molar-refractivity contribution in [2.24, 2.45) is 5.73 Å². The number of fused-ring (bicyclic) bond motifs is 4. The minimum Gasteiger partial charge on any atom is -0.384 e. The molecule has 132 valence electrons. The van der Waals surface area contributed by atoms with E-state index in [-0.39, 0.29) is 0 Å². The van der Waals surface area contributed by atoms with Crippen LogP contribution in [0.1, 0.15) is 11.5 Å². The van der Waals surface area contributed by atoms with Crippen molar-refractivity contribution in [3.63, 3.8) is 0 Å². The van der Waals surface area contributed by atoms with Crippen molar-refractivity contribution >= 4 is 28.2 Å². The first-order chi connectivity index (χ1) is 13.7. The molecule has 0 fully saturated rings. The third-order valence-corrected chi connectivity index (χ3v) is 6.38. The SMILES string of the molecule is N#CC1=C(N)N2C(=C(C#N)C1c1cccc3ccccc13)Sc1ccccc12. The Balaban J connectivity index is 1.82. The fraction of sp³-hybridized carbons (Fsp3) is 0.0435. The summed E-state index contributed by atoms with van der Waals surface area (Å²) in [6, 6.07) is 26.5. The Labute approximate surface area is 166 Å². The van der Waals surface area contributed by atoms with Gasteiger partial charge in [0.1, 0.15) is 10.9 Å². The van der Waals surface area contributed by atoms with Gasteiger partial charge in [0.15, 0.2) is 0 Å². The second-order valence-corrected chi connectivity index (χ2v) is 7.68. The van der Waals surface area contributed by atoms with Crippen molar-refractivity contribution in [2.45, 2.75) is 10.8 Å². The van der Waals surface area contributed by atoms with Crippen LogP contribution in [0.25, 0.3) is 10.8 Å². The Hall–Kier alpha value is -3.67. The van der Waals surface area contributed by atoms with Gasteiger partial charge in [-0.05, 0) is 28.5 Å². The van der Waals surface area contributed by atoms with Gasteiger partial charge in [-0.1, -0.05) is 66.4 Å². The maximum Gasteiger partial charge on any atom is 0.123 e. The minimum atomic E-state index is -0.478. The molecule has 0 saturated carbocycles. The van der Waals surface area contributed by atoms with Crippen LogP contribution in [0.15, 0.2) is 93.6 Å². The summed E-state index contributed by atoms with van der Waals surface area (Å²) in [5.74, 6) is -0.0824. The first kappa shape index (κ1) is 16.5. The van der Waals surface area contributed by atoms with E-state index < -0.39 is 5.92 Å². The topological polar surface area (TPSA) is 76.8 Å². The molecule has 2 heterocycles. The van der Waals surface area contributed by atoms with Crippen molar-refractivity contribution < 1.29 is 0 Å². The molecule has 0 bridgehead atoms. The predicted molar refractivity (Wildman–Crippen MR) is 111 cm³/mol. The summed E-state index contributed by atoms with van der Waals surface area (Å²) in [5.41, 5.74) is 9.32. The molecular formula is C23H14N4S. The Morgan fingerprint density at radius 2 is 1.57 bits per heavy atom. The first-order valence-electron chi connectivity index (χ1n) is 8.83. The van der Waals surface area contributed by atoms with E-state index in [1.165, 1.54) is 11.8 Å². The van der Waals surface area contributed by atoms with Crippen LogP contribution < -0.4 is 10.6 Å². The zero-order valence-corrected chi connectivity index (χ0v) is 15.6. The van der Waals surface area contributed by atoms with Gasteiger partial charge in [-0.3, -0.25) is 4.90 Å². The highest BCUT2D eigenvalue weighted by molar-refractivity contribution is 8.03. The third-order valence-electron chi connectivity index (χ3n) is 5.22. The lowest BCUT2D eigenvalue weighted by Gasteiger charge is -2.32. The lowest BCUT2D eigenvalue weighted by atomic mass is 9.81. The molecule has 28 heavy (non-hydrogen) atoms. The lowest BCUT2D eigenvalue weighted by Crippen LogP contribution is -2.32. The van der Waals surface area contributed by atoms with Crippen LogP contribution in [-0.4, -0.2) is 0 Å². The number of thioether (sulfide) groups is 1. The molecule has 0 aliphatic carbocycles. The molecule has 4 nitrogen and oxygen atoms in total. The van der Waals surface area contributed by atoms with Crippen molar-refractivity contribution in [2.75, 3.05) is 4.90 Å². The molecule has 3 aromatic carbocycles. The molecule has 5 heteroatoms. The molecule has 0 amide bonds. The van der Waals surface area contributed by atoms with Crippen LogP contribution in [-0.2, 0) is 0 Å². The molecule has 0 aromatic heterocycles. The summed E-state index contributed by atoms with van der Waals surface area (Å²) in [4.78, 5) is 2.88. The summed E-state index contributed by atoms with van der Waals surface area (Å²) in [6.07, 6.45) is 0. The monoisotopic (exact) mass is 378 g/mol. The van der Waals surface area contributed by atoms with Crippen LogP contribution in [0.2, 0.25) is 0 Å². The molecule has 1 atom stereocenters. The Morgan fingerprint density at radius 1 is 0.857 bits per heavy atom. The third kappa shape index (κ3) is 2.18. The molecule has 2 aliphatic rings.